The van der Waals surface area contributed by atoms with Crippen LogP contribution in [0.4, 0.5) is 0 Å². The van der Waals surface area contributed by atoms with Gasteiger partial charge in [0.15, 0.2) is 9.35 Å². The summed E-state index contributed by atoms with van der Waals surface area (Å²) in [5.74, 6) is 0. The van der Waals surface area contributed by atoms with Gasteiger partial charge in [-0.25, -0.2) is 0 Å². The van der Waals surface area contributed by atoms with E-state index in [1.165, 1.54) is 21.4 Å². The minimum atomic E-state index is 0.711. The third-order valence-corrected chi connectivity index (χ3v) is 4.43. The first-order chi connectivity index (χ1) is 7.33. The molecule has 0 bridgehead atoms. The average molecular weight is 250 g/mol. The maximum absolute atomic E-state index is 4.17. The number of rotatable bonds is 1. The van der Waals surface area contributed by atoms with Gasteiger partial charge < -0.3 is 0 Å². The Bertz CT molecular complexity index is 579. The fourth-order valence-electron chi connectivity index (χ4n) is 1.40. The molecule has 2 nitrogen and oxygen atoms in total. The zero-order valence-electron chi connectivity index (χ0n) is 7.54. The van der Waals surface area contributed by atoms with Gasteiger partial charge in [0.1, 0.15) is 0 Å². The van der Waals surface area contributed by atoms with Gasteiger partial charge in [0.05, 0.1) is 4.88 Å². The molecular formula is C10H6N2S3. The van der Waals surface area contributed by atoms with Crippen LogP contribution in [0, 0.1) is 0 Å². The first-order valence-electron chi connectivity index (χ1n) is 4.34. The fraction of sp³-hybridized carbons (Fsp3) is 0. The molecule has 0 amide bonds. The van der Waals surface area contributed by atoms with E-state index in [0.717, 1.165) is 9.88 Å². The molecule has 0 saturated heterocycles. The highest BCUT2D eigenvalue weighted by molar-refractivity contribution is 7.82. The molecule has 1 aromatic carbocycles. The molecule has 5 heteroatoms. The van der Waals surface area contributed by atoms with E-state index in [1.807, 2.05) is 12.1 Å². The molecule has 15 heavy (non-hydrogen) atoms. The van der Waals surface area contributed by atoms with Crippen molar-refractivity contribution in [2.75, 3.05) is 0 Å². The Morgan fingerprint density at radius 1 is 1.07 bits per heavy atom. The van der Waals surface area contributed by atoms with E-state index in [0.29, 0.717) is 4.34 Å². The lowest BCUT2D eigenvalue weighted by Crippen LogP contribution is -1.69. The van der Waals surface area contributed by atoms with E-state index in [9.17, 15) is 0 Å². The van der Waals surface area contributed by atoms with Crippen LogP contribution >= 0.6 is 35.3 Å². The maximum Gasteiger partial charge on any atom is 0.171 e. The van der Waals surface area contributed by atoms with Crippen LogP contribution in [0.15, 0.2) is 34.7 Å². The smallest absolute Gasteiger partial charge is 0.136 e. The highest BCUT2D eigenvalue weighted by Crippen LogP contribution is 2.35. The van der Waals surface area contributed by atoms with Crippen molar-refractivity contribution in [3.8, 4) is 9.88 Å². The monoisotopic (exact) mass is 250 g/mol. The van der Waals surface area contributed by atoms with E-state index in [1.54, 1.807) is 11.3 Å². The summed E-state index contributed by atoms with van der Waals surface area (Å²) in [6, 6.07) is 10.5. The molecule has 0 spiro atoms. The normalized spacial score (nSPS) is 11.0. The number of hydrogen-bond acceptors (Lipinski definition) is 5. The summed E-state index contributed by atoms with van der Waals surface area (Å²) < 4.78 is 1.99. The highest BCUT2D eigenvalue weighted by Gasteiger charge is 2.08. The van der Waals surface area contributed by atoms with Gasteiger partial charge in [0.25, 0.3) is 0 Å². The number of benzene rings is 1. The Balaban J connectivity index is 2.19. The number of thiophene rings is 1. The number of fused-ring (bicyclic) bond motifs is 1. The van der Waals surface area contributed by atoms with Gasteiger partial charge in [-0.05, 0) is 17.5 Å². The van der Waals surface area contributed by atoms with Gasteiger partial charge in [-0.1, -0.05) is 29.5 Å². The van der Waals surface area contributed by atoms with Crippen LogP contribution < -0.4 is 0 Å². The van der Waals surface area contributed by atoms with Gasteiger partial charge in [-0.3, -0.25) is 0 Å². The SMILES string of the molecule is Sc1nnc(-c2cc3ccccc3s2)s1. The van der Waals surface area contributed by atoms with Crippen LogP contribution in [0.5, 0.6) is 0 Å². The van der Waals surface area contributed by atoms with Crippen molar-refractivity contribution in [1.82, 2.24) is 10.2 Å². The molecule has 0 saturated carbocycles. The summed E-state index contributed by atoms with van der Waals surface area (Å²) >= 11 is 7.41. The number of hydrogen-bond donors (Lipinski definition) is 1. The summed E-state index contributed by atoms with van der Waals surface area (Å²) in [5.41, 5.74) is 0. The fourth-order valence-corrected chi connectivity index (χ4v) is 3.39. The number of thiol groups is 1. The van der Waals surface area contributed by atoms with Crippen LogP contribution in [-0.2, 0) is 0 Å². The van der Waals surface area contributed by atoms with Gasteiger partial charge >= 0.3 is 0 Å². The van der Waals surface area contributed by atoms with Crippen LogP contribution in [0.1, 0.15) is 0 Å². The first-order valence-corrected chi connectivity index (χ1v) is 6.42. The first kappa shape index (κ1) is 9.33. The molecule has 2 aromatic heterocycles. The molecule has 0 aliphatic carbocycles. The van der Waals surface area contributed by atoms with Crippen LogP contribution in [-0.4, -0.2) is 10.2 Å². The molecule has 0 unspecified atom stereocenters. The van der Waals surface area contributed by atoms with Gasteiger partial charge in [-0.15, -0.1) is 34.2 Å². The lowest BCUT2D eigenvalue weighted by molar-refractivity contribution is 1.02. The molecule has 0 radical (unpaired) electrons. The summed E-state index contributed by atoms with van der Waals surface area (Å²) in [4.78, 5) is 1.16. The predicted octanol–water partition coefficient (Wildman–Crippen LogP) is 3.71. The third-order valence-electron chi connectivity index (χ3n) is 2.05. The van der Waals surface area contributed by atoms with Crippen molar-refractivity contribution in [3.05, 3.63) is 30.3 Å². The minimum absolute atomic E-state index is 0.711. The van der Waals surface area contributed by atoms with E-state index in [4.69, 9.17) is 0 Å². The predicted molar refractivity (Wildman–Crippen MR) is 68.0 cm³/mol. The van der Waals surface area contributed by atoms with E-state index in [-0.39, 0.29) is 0 Å². The van der Waals surface area contributed by atoms with Gasteiger partial charge in [0.2, 0.25) is 0 Å². The van der Waals surface area contributed by atoms with Gasteiger partial charge in [0, 0.05) is 4.70 Å². The molecule has 0 aliphatic heterocycles. The molecular weight excluding hydrogens is 244 g/mol. The van der Waals surface area contributed by atoms with Gasteiger partial charge in [-0.2, -0.15) is 0 Å². The standard InChI is InChI=1S/C10H6N2S3/c13-10-12-11-9(15-10)8-5-6-3-1-2-4-7(6)14-8/h1-5H,(H,12,13). The molecule has 3 rings (SSSR count). The molecule has 0 aliphatic rings. The average Bonchev–Trinajstić information content (AvgIpc) is 2.82. The summed E-state index contributed by atoms with van der Waals surface area (Å²) in [5, 5.41) is 10.2. The summed E-state index contributed by atoms with van der Waals surface area (Å²) in [6.45, 7) is 0. The van der Waals surface area contributed by atoms with Crippen molar-refractivity contribution in [1.29, 1.82) is 0 Å². The van der Waals surface area contributed by atoms with E-state index in [2.05, 4.69) is 41.0 Å². The zero-order valence-corrected chi connectivity index (χ0v) is 10.1. The Kier molecular flexibility index (Phi) is 2.23. The molecule has 0 atom stereocenters. The van der Waals surface area contributed by atoms with Crippen LogP contribution in [0.3, 0.4) is 0 Å². The molecule has 0 N–H and O–H groups in total. The Hall–Kier alpha value is -0.910. The minimum Gasteiger partial charge on any atom is -0.136 e. The summed E-state index contributed by atoms with van der Waals surface area (Å²) in [7, 11) is 0. The van der Waals surface area contributed by atoms with Crippen LogP contribution in [0.2, 0.25) is 0 Å². The van der Waals surface area contributed by atoms with Crippen LogP contribution in [0.25, 0.3) is 20.0 Å². The molecule has 3 aromatic rings. The topological polar surface area (TPSA) is 25.8 Å². The van der Waals surface area contributed by atoms with Crippen molar-refractivity contribution in [2.24, 2.45) is 0 Å². The lowest BCUT2D eigenvalue weighted by Gasteiger charge is -1.82. The molecule has 2 heterocycles. The highest BCUT2D eigenvalue weighted by atomic mass is 32.2. The maximum atomic E-state index is 4.17. The van der Waals surface area contributed by atoms with E-state index < -0.39 is 0 Å². The zero-order chi connectivity index (χ0) is 10.3. The second kappa shape index (κ2) is 3.59. The second-order valence-corrected chi connectivity index (χ2v) is 5.83. The Morgan fingerprint density at radius 2 is 1.93 bits per heavy atom. The van der Waals surface area contributed by atoms with Crippen molar-refractivity contribution in [3.63, 3.8) is 0 Å². The molecule has 74 valence electrons. The number of nitrogens with zero attached hydrogens (tertiary/aromatic N) is 2. The van der Waals surface area contributed by atoms with Crippen molar-refractivity contribution >= 4 is 45.4 Å². The Labute approximate surface area is 100 Å². The lowest BCUT2D eigenvalue weighted by atomic mass is 10.2. The quantitative estimate of drug-likeness (QED) is 0.666. The second-order valence-electron chi connectivity index (χ2n) is 3.04. The van der Waals surface area contributed by atoms with Crippen molar-refractivity contribution in [2.45, 2.75) is 4.34 Å². The van der Waals surface area contributed by atoms with Crippen molar-refractivity contribution < 1.29 is 0 Å². The molecule has 0 fully saturated rings. The van der Waals surface area contributed by atoms with E-state index >= 15 is 0 Å². The number of aromatic nitrogens is 2. The third kappa shape index (κ3) is 1.67. The Morgan fingerprint density at radius 3 is 2.67 bits per heavy atom. The largest absolute Gasteiger partial charge is 0.171 e. The summed E-state index contributed by atoms with van der Waals surface area (Å²) in [6.07, 6.45) is 0.